The zero-order chi connectivity index (χ0) is 18.6. The van der Waals surface area contributed by atoms with E-state index in [2.05, 4.69) is 5.32 Å². The van der Waals surface area contributed by atoms with Crippen molar-refractivity contribution in [2.45, 2.75) is 13.0 Å². The molecule has 1 fully saturated rings. The van der Waals surface area contributed by atoms with E-state index in [1.165, 1.54) is 0 Å². The molecule has 3 aromatic rings. The molecule has 4 rings (SSSR count). The molecule has 3 aromatic carbocycles. The minimum atomic E-state index is -0.0826. The van der Waals surface area contributed by atoms with Crippen molar-refractivity contribution < 1.29 is 9.59 Å². The zero-order valence-electron chi connectivity index (χ0n) is 15.1. The molecule has 1 unspecified atom stereocenters. The first-order valence-corrected chi connectivity index (χ1v) is 9.28. The smallest absolute Gasteiger partial charge is 0.251 e. The van der Waals surface area contributed by atoms with Crippen LogP contribution in [0.1, 0.15) is 22.3 Å². The Morgan fingerprint density at radius 2 is 1.70 bits per heavy atom. The molecule has 1 aliphatic rings. The van der Waals surface area contributed by atoms with Gasteiger partial charge in [-0.2, -0.15) is 0 Å². The van der Waals surface area contributed by atoms with Gasteiger partial charge >= 0.3 is 0 Å². The van der Waals surface area contributed by atoms with E-state index in [1.54, 1.807) is 0 Å². The van der Waals surface area contributed by atoms with E-state index < -0.39 is 0 Å². The Labute approximate surface area is 158 Å². The van der Waals surface area contributed by atoms with Crippen molar-refractivity contribution in [2.24, 2.45) is 5.92 Å². The highest BCUT2D eigenvalue weighted by Crippen LogP contribution is 2.21. The fourth-order valence-electron chi connectivity index (χ4n) is 3.70. The summed E-state index contributed by atoms with van der Waals surface area (Å²) in [6.45, 7) is 1.83. The topological polar surface area (TPSA) is 49.4 Å². The van der Waals surface area contributed by atoms with E-state index in [-0.39, 0.29) is 17.7 Å². The van der Waals surface area contributed by atoms with Crippen molar-refractivity contribution in [3.8, 4) is 0 Å². The summed E-state index contributed by atoms with van der Waals surface area (Å²) in [5.41, 5.74) is 1.81. The normalized spacial score (nSPS) is 16.7. The quantitative estimate of drug-likeness (QED) is 0.757. The highest BCUT2D eigenvalue weighted by Gasteiger charge is 2.29. The summed E-state index contributed by atoms with van der Waals surface area (Å²) in [5, 5.41) is 5.02. The number of carbonyl (C=O) groups is 2. The maximum absolute atomic E-state index is 12.7. The molecule has 0 radical (unpaired) electrons. The summed E-state index contributed by atoms with van der Waals surface area (Å²) in [6.07, 6.45) is 0.489. The molecule has 0 bridgehead atoms. The number of benzene rings is 3. The molecule has 4 heteroatoms. The van der Waals surface area contributed by atoms with E-state index >= 15 is 0 Å². The van der Waals surface area contributed by atoms with Gasteiger partial charge in [0.1, 0.15) is 0 Å². The Hall–Kier alpha value is -3.14. The second-order valence-electron chi connectivity index (χ2n) is 7.07. The van der Waals surface area contributed by atoms with Crippen LogP contribution in [0.3, 0.4) is 0 Å². The number of nitrogens with zero attached hydrogens (tertiary/aromatic N) is 1. The van der Waals surface area contributed by atoms with E-state index in [4.69, 9.17) is 0 Å². The van der Waals surface area contributed by atoms with Gasteiger partial charge in [-0.3, -0.25) is 9.59 Å². The van der Waals surface area contributed by atoms with Crippen molar-refractivity contribution in [2.75, 3.05) is 13.1 Å². The Bertz CT molecular complexity index is 963. The second kappa shape index (κ2) is 7.62. The van der Waals surface area contributed by atoms with Crippen LogP contribution in [-0.4, -0.2) is 29.8 Å². The third kappa shape index (κ3) is 3.85. The zero-order valence-corrected chi connectivity index (χ0v) is 15.1. The van der Waals surface area contributed by atoms with Crippen LogP contribution in [0.2, 0.25) is 0 Å². The standard InChI is InChI=1S/C23H22N2O2/c26-22-13-18(16-25(22)15-17-7-2-1-3-8-17)14-24-23(27)21-12-6-10-19-9-4-5-11-20(19)21/h1-12,18H,13-16H2,(H,24,27). The lowest BCUT2D eigenvalue weighted by Gasteiger charge is -2.17. The van der Waals surface area contributed by atoms with E-state index in [0.717, 1.165) is 16.3 Å². The van der Waals surface area contributed by atoms with Crippen LogP contribution < -0.4 is 5.32 Å². The van der Waals surface area contributed by atoms with E-state index in [9.17, 15) is 9.59 Å². The molecule has 136 valence electrons. The molecule has 1 N–H and O–H groups in total. The summed E-state index contributed by atoms with van der Waals surface area (Å²) in [7, 11) is 0. The van der Waals surface area contributed by atoms with E-state index in [0.29, 0.717) is 31.6 Å². The first kappa shape index (κ1) is 17.3. The SMILES string of the molecule is O=C(NCC1CC(=O)N(Cc2ccccc2)C1)c1cccc2ccccc12. The average molecular weight is 358 g/mol. The lowest BCUT2D eigenvalue weighted by atomic mass is 10.0. The molecular formula is C23H22N2O2. The monoisotopic (exact) mass is 358 g/mol. The maximum atomic E-state index is 12.7. The fourth-order valence-corrected chi connectivity index (χ4v) is 3.70. The van der Waals surface area contributed by atoms with Crippen LogP contribution >= 0.6 is 0 Å². The van der Waals surface area contributed by atoms with Gasteiger partial charge in [0.15, 0.2) is 0 Å². The number of amides is 2. The summed E-state index contributed by atoms with van der Waals surface area (Å²) in [5.74, 6) is 0.226. The average Bonchev–Trinajstić information content (AvgIpc) is 3.06. The molecule has 1 heterocycles. The molecule has 1 aliphatic heterocycles. The van der Waals surface area contributed by atoms with Gasteiger partial charge in [-0.1, -0.05) is 66.7 Å². The fraction of sp³-hybridized carbons (Fsp3) is 0.217. The number of fused-ring (bicyclic) bond motifs is 1. The maximum Gasteiger partial charge on any atom is 0.251 e. The molecule has 0 spiro atoms. The van der Waals surface area contributed by atoms with Gasteiger partial charge in [-0.25, -0.2) is 0 Å². The van der Waals surface area contributed by atoms with Gasteiger partial charge in [0.25, 0.3) is 5.91 Å². The van der Waals surface area contributed by atoms with Gasteiger partial charge in [0, 0.05) is 37.5 Å². The molecule has 1 atom stereocenters. The minimum Gasteiger partial charge on any atom is -0.352 e. The lowest BCUT2D eigenvalue weighted by molar-refractivity contribution is -0.128. The van der Waals surface area contributed by atoms with Crippen molar-refractivity contribution >= 4 is 22.6 Å². The minimum absolute atomic E-state index is 0.0826. The molecule has 1 saturated heterocycles. The summed E-state index contributed by atoms with van der Waals surface area (Å²) < 4.78 is 0. The molecular weight excluding hydrogens is 336 g/mol. The number of carbonyl (C=O) groups excluding carboxylic acids is 2. The Kier molecular flexibility index (Phi) is 4.88. The molecule has 0 aliphatic carbocycles. The summed E-state index contributed by atoms with van der Waals surface area (Å²) in [6, 6.07) is 23.6. The number of likely N-dealkylation sites (tertiary alicyclic amines) is 1. The first-order valence-electron chi connectivity index (χ1n) is 9.28. The van der Waals surface area contributed by atoms with Crippen molar-refractivity contribution in [3.63, 3.8) is 0 Å². The number of hydrogen-bond acceptors (Lipinski definition) is 2. The van der Waals surface area contributed by atoms with Gasteiger partial charge < -0.3 is 10.2 Å². The van der Waals surface area contributed by atoms with Gasteiger partial charge in [-0.15, -0.1) is 0 Å². The second-order valence-corrected chi connectivity index (χ2v) is 7.07. The van der Waals surface area contributed by atoms with Crippen molar-refractivity contribution in [3.05, 3.63) is 83.9 Å². The van der Waals surface area contributed by atoms with Crippen molar-refractivity contribution in [1.29, 1.82) is 0 Å². The van der Waals surface area contributed by atoms with E-state index in [1.807, 2.05) is 77.7 Å². The van der Waals surface area contributed by atoms with Crippen LogP contribution in [0.4, 0.5) is 0 Å². The Morgan fingerprint density at radius 3 is 2.56 bits per heavy atom. The Morgan fingerprint density at radius 1 is 0.963 bits per heavy atom. The van der Waals surface area contributed by atoms with Crippen LogP contribution in [0.15, 0.2) is 72.8 Å². The Balaban J connectivity index is 1.37. The van der Waals surface area contributed by atoms with Gasteiger partial charge in [-0.05, 0) is 22.4 Å². The number of rotatable bonds is 5. The molecule has 27 heavy (non-hydrogen) atoms. The molecule has 2 amide bonds. The van der Waals surface area contributed by atoms with Crippen molar-refractivity contribution in [1.82, 2.24) is 10.2 Å². The largest absolute Gasteiger partial charge is 0.352 e. The summed E-state index contributed by atoms with van der Waals surface area (Å²) >= 11 is 0. The first-order chi connectivity index (χ1) is 13.2. The number of nitrogens with one attached hydrogen (secondary N) is 1. The van der Waals surface area contributed by atoms with Crippen LogP contribution in [-0.2, 0) is 11.3 Å². The highest BCUT2D eigenvalue weighted by atomic mass is 16.2. The van der Waals surface area contributed by atoms with Gasteiger partial charge in [0.2, 0.25) is 5.91 Å². The third-order valence-electron chi connectivity index (χ3n) is 5.10. The van der Waals surface area contributed by atoms with Crippen LogP contribution in [0.5, 0.6) is 0 Å². The molecule has 0 saturated carbocycles. The van der Waals surface area contributed by atoms with Gasteiger partial charge in [0.05, 0.1) is 0 Å². The lowest BCUT2D eigenvalue weighted by Crippen LogP contribution is -2.31. The number of hydrogen-bond donors (Lipinski definition) is 1. The molecule has 4 nitrogen and oxygen atoms in total. The predicted octanol–water partition coefficient (Wildman–Crippen LogP) is 3.62. The van der Waals surface area contributed by atoms with Crippen LogP contribution in [0.25, 0.3) is 10.8 Å². The third-order valence-corrected chi connectivity index (χ3v) is 5.10. The highest BCUT2D eigenvalue weighted by molar-refractivity contribution is 6.07. The van der Waals surface area contributed by atoms with Crippen LogP contribution in [0, 0.1) is 5.92 Å². The molecule has 0 aromatic heterocycles. The summed E-state index contributed by atoms with van der Waals surface area (Å²) in [4.78, 5) is 26.8. The predicted molar refractivity (Wildman–Crippen MR) is 106 cm³/mol.